The van der Waals surface area contributed by atoms with Crippen LogP contribution in [0.15, 0.2) is 0 Å². The van der Waals surface area contributed by atoms with E-state index in [0.29, 0.717) is 0 Å². The van der Waals surface area contributed by atoms with E-state index in [0.717, 1.165) is 0 Å². The van der Waals surface area contributed by atoms with Gasteiger partial charge in [0.05, 0.1) is 0 Å². The minimum absolute atomic E-state index is 0. The molecule has 0 aromatic carbocycles. The molecule has 0 unspecified atom stereocenters. The Balaban J connectivity index is 0. The summed E-state index contributed by atoms with van der Waals surface area (Å²) >= 11 is 0. The summed E-state index contributed by atoms with van der Waals surface area (Å²) in [7, 11) is -2.60. The van der Waals surface area contributed by atoms with Crippen molar-refractivity contribution in [3.63, 3.8) is 0 Å². The maximum absolute atomic E-state index is 8.52. The molecule has 0 radical (unpaired) electrons. The SMILES string of the molecule is [CaH2].[O-][Cl+2]([O-])O. The van der Waals surface area contributed by atoms with E-state index in [2.05, 4.69) is 0 Å². The zero-order valence-corrected chi connectivity index (χ0v) is 2.40. The van der Waals surface area contributed by atoms with Crippen molar-refractivity contribution in [2.75, 3.05) is 0 Å². The summed E-state index contributed by atoms with van der Waals surface area (Å²) in [6.07, 6.45) is 0. The molecular formula is H3CaClO3. The van der Waals surface area contributed by atoms with Crippen LogP contribution < -0.4 is 9.32 Å². The molecule has 0 amide bonds. The molecule has 0 aliphatic carbocycles. The van der Waals surface area contributed by atoms with Crippen LogP contribution >= 0.6 is 0 Å². The molecule has 30 valence electrons. The van der Waals surface area contributed by atoms with E-state index < -0.39 is 10.8 Å². The first-order valence-corrected chi connectivity index (χ1v) is 1.43. The van der Waals surface area contributed by atoms with E-state index in [-0.39, 0.29) is 37.7 Å². The fourth-order valence-electron chi connectivity index (χ4n) is 0. The average Bonchev–Trinajstić information content (AvgIpc) is 0.811. The van der Waals surface area contributed by atoms with Gasteiger partial charge in [0.25, 0.3) is 10.8 Å². The molecule has 0 bridgehead atoms. The van der Waals surface area contributed by atoms with Crippen molar-refractivity contribution in [2.24, 2.45) is 0 Å². The number of hydrogen-bond acceptors (Lipinski definition) is 3. The Morgan fingerprint density at radius 2 is 1.40 bits per heavy atom. The number of halogens is 1. The van der Waals surface area contributed by atoms with Crippen molar-refractivity contribution in [3.05, 3.63) is 0 Å². The molecule has 0 spiro atoms. The van der Waals surface area contributed by atoms with Crippen molar-refractivity contribution in [1.82, 2.24) is 0 Å². The largest absolute Gasteiger partial charge is 0.321 e. The Morgan fingerprint density at radius 3 is 1.40 bits per heavy atom. The molecule has 0 saturated heterocycles. The summed E-state index contributed by atoms with van der Waals surface area (Å²) in [6.45, 7) is 0. The van der Waals surface area contributed by atoms with Gasteiger partial charge in [-0.25, -0.2) is 0 Å². The zero-order valence-electron chi connectivity index (χ0n) is 1.64. The Morgan fingerprint density at radius 1 is 1.40 bits per heavy atom. The summed E-state index contributed by atoms with van der Waals surface area (Å²) in [5.41, 5.74) is 0. The first kappa shape index (κ1) is 9.66. The molecule has 0 aromatic heterocycles. The van der Waals surface area contributed by atoms with Crippen molar-refractivity contribution in [2.45, 2.75) is 0 Å². The minimum Gasteiger partial charge on any atom is -0.321 e. The van der Waals surface area contributed by atoms with E-state index in [1.165, 1.54) is 0 Å². The van der Waals surface area contributed by atoms with E-state index >= 15 is 0 Å². The van der Waals surface area contributed by atoms with Crippen LogP contribution in [0.1, 0.15) is 0 Å². The van der Waals surface area contributed by atoms with Crippen molar-refractivity contribution in [1.29, 1.82) is 0 Å². The zero-order chi connectivity index (χ0) is 3.58. The third-order valence-corrected chi connectivity index (χ3v) is 0. The summed E-state index contributed by atoms with van der Waals surface area (Å²) in [5.74, 6) is 0. The summed E-state index contributed by atoms with van der Waals surface area (Å²) in [4.78, 5) is 0. The third kappa shape index (κ3) is 31.2. The Hall–Kier alpha value is 1.43. The smallest absolute Gasteiger partial charge is 0.282 e. The molecule has 0 fully saturated rings. The second-order valence-electron chi connectivity index (χ2n) is 0.201. The summed E-state index contributed by atoms with van der Waals surface area (Å²) in [5, 5.41) is 0. The number of hydrogen-bond donors (Lipinski definition) is 1. The van der Waals surface area contributed by atoms with Gasteiger partial charge in [-0.1, -0.05) is 0 Å². The monoisotopic (exact) mass is 126 g/mol. The maximum Gasteiger partial charge on any atom is 0.282 e. The van der Waals surface area contributed by atoms with Gasteiger partial charge in [-0.15, -0.1) is 0 Å². The predicted molar refractivity (Wildman–Crippen MR) is 10.8 cm³/mol. The van der Waals surface area contributed by atoms with Crippen molar-refractivity contribution >= 4 is 37.7 Å². The van der Waals surface area contributed by atoms with E-state index in [1.54, 1.807) is 0 Å². The molecule has 0 heterocycles. The maximum atomic E-state index is 8.52. The molecular weight excluding hydrogens is 124 g/mol. The fourth-order valence-corrected chi connectivity index (χ4v) is 0. The van der Waals surface area contributed by atoms with Crippen LogP contribution in [0.3, 0.4) is 0 Å². The third-order valence-electron chi connectivity index (χ3n) is 0. The topological polar surface area (TPSA) is 66.3 Å². The Labute approximate surface area is 62.0 Å². The predicted octanol–water partition coefficient (Wildman–Crippen LogP) is -3.85. The van der Waals surface area contributed by atoms with Gasteiger partial charge in [-0.3, -0.25) is 0 Å². The second kappa shape index (κ2) is 5.43. The van der Waals surface area contributed by atoms with Crippen LogP contribution in [0.5, 0.6) is 0 Å². The normalized spacial score (nSPS) is 7.20. The minimum atomic E-state index is -2.60. The van der Waals surface area contributed by atoms with Crippen LogP contribution in [0, 0.1) is 10.8 Å². The van der Waals surface area contributed by atoms with Crippen LogP contribution in [-0.4, -0.2) is 42.4 Å². The quantitative estimate of drug-likeness (QED) is 0.338. The molecule has 0 aromatic rings. The molecule has 0 atom stereocenters. The molecule has 0 rings (SSSR count). The van der Waals surface area contributed by atoms with Gasteiger partial charge in [0.1, 0.15) is 0 Å². The van der Waals surface area contributed by atoms with Gasteiger partial charge < -0.3 is 9.32 Å². The summed E-state index contributed by atoms with van der Waals surface area (Å²) < 4.78 is 24.0. The molecule has 5 heavy (non-hydrogen) atoms. The first-order valence-electron chi connectivity index (χ1n) is 0.478. The van der Waals surface area contributed by atoms with E-state index in [1.807, 2.05) is 0 Å². The van der Waals surface area contributed by atoms with E-state index in [4.69, 9.17) is 14.0 Å². The van der Waals surface area contributed by atoms with Gasteiger partial charge >= 0.3 is 37.7 Å². The van der Waals surface area contributed by atoms with Gasteiger partial charge in [0.15, 0.2) is 0 Å². The Bertz CT molecular complexity index is 11.6. The average molecular weight is 127 g/mol. The standard InChI is InChI=1S/Ca.ClHO3.2H/c;2-1(3)4;;/h;2H;;. The van der Waals surface area contributed by atoms with E-state index in [9.17, 15) is 0 Å². The van der Waals surface area contributed by atoms with Crippen LogP contribution in [0.25, 0.3) is 0 Å². The molecule has 0 aliphatic heterocycles. The fraction of sp³-hybridized carbons (Fsp3) is 0. The van der Waals surface area contributed by atoms with Crippen molar-refractivity contribution in [3.8, 4) is 0 Å². The molecule has 1 N–H and O–H groups in total. The van der Waals surface area contributed by atoms with Gasteiger partial charge in [-0.05, 0) is 0 Å². The summed E-state index contributed by atoms with van der Waals surface area (Å²) in [6, 6.07) is 0. The van der Waals surface area contributed by atoms with Crippen LogP contribution in [-0.2, 0) is 0 Å². The van der Waals surface area contributed by atoms with Crippen LogP contribution in [0.4, 0.5) is 0 Å². The molecule has 0 saturated carbocycles. The van der Waals surface area contributed by atoms with Gasteiger partial charge in [-0.2, -0.15) is 0 Å². The van der Waals surface area contributed by atoms with Gasteiger partial charge in [0, 0.05) is 4.66 Å². The molecule has 0 aliphatic rings. The van der Waals surface area contributed by atoms with Gasteiger partial charge in [0.2, 0.25) is 0 Å². The number of rotatable bonds is 0. The molecule has 5 heteroatoms. The van der Waals surface area contributed by atoms with Crippen LogP contribution in [0.2, 0.25) is 0 Å². The second-order valence-corrected chi connectivity index (χ2v) is 0.603. The van der Waals surface area contributed by atoms with Crippen molar-refractivity contribution < 1.29 is 24.8 Å². The first-order chi connectivity index (χ1) is 1.73. The molecule has 3 nitrogen and oxygen atoms in total. The Kier molecular flexibility index (Phi) is 10.5.